The fourth-order valence-electron chi connectivity index (χ4n) is 4.86. The highest BCUT2D eigenvalue weighted by molar-refractivity contribution is 5.85. The molecular formula is C31H26F3N3O4. The van der Waals surface area contributed by atoms with E-state index in [0.717, 1.165) is 23.9 Å². The number of fused-ring (bicyclic) bond motifs is 3. The normalized spacial score (nSPS) is 13.8. The molecule has 0 aliphatic heterocycles. The predicted molar refractivity (Wildman–Crippen MR) is 150 cm³/mol. The van der Waals surface area contributed by atoms with Gasteiger partial charge in [0, 0.05) is 12.6 Å². The van der Waals surface area contributed by atoms with E-state index < -0.39 is 6.36 Å². The molecule has 0 unspecified atom stereocenters. The van der Waals surface area contributed by atoms with E-state index in [-0.39, 0.29) is 16.9 Å². The zero-order valence-electron chi connectivity index (χ0n) is 22.3. The maximum absolute atomic E-state index is 14.1. The van der Waals surface area contributed by atoms with E-state index in [1.165, 1.54) is 28.7 Å². The number of ether oxygens (including phenoxy) is 3. The first-order chi connectivity index (χ1) is 19.7. The zero-order valence-corrected chi connectivity index (χ0v) is 22.3. The number of nitrogens with zero attached hydrogens (tertiary/aromatic N) is 3. The molecule has 10 heteroatoms. The zero-order chi connectivity index (χ0) is 28.7. The van der Waals surface area contributed by atoms with E-state index in [1.807, 2.05) is 54.1 Å². The number of hydrogen-bond donors (Lipinski definition) is 0. The van der Waals surface area contributed by atoms with Crippen LogP contribution in [0.25, 0.3) is 40.1 Å². The van der Waals surface area contributed by atoms with Gasteiger partial charge in [-0.2, -0.15) is 0 Å². The topological polar surface area (TPSA) is 67.0 Å². The van der Waals surface area contributed by atoms with E-state index in [9.17, 15) is 18.0 Å². The van der Waals surface area contributed by atoms with Gasteiger partial charge in [-0.1, -0.05) is 36.4 Å². The molecule has 0 N–H and O–H groups in total. The molecule has 0 atom stereocenters. The summed E-state index contributed by atoms with van der Waals surface area (Å²) >= 11 is 0. The van der Waals surface area contributed by atoms with Crippen LogP contribution in [-0.4, -0.2) is 34.0 Å². The maximum atomic E-state index is 14.1. The van der Waals surface area contributed by atoms with E-state index in [0.29, 0.717) is 46.6 Å². The van der Waals surface area contributed by atoms with Crippen molar-refractivity contribution >= 4 is 29.0 Å². The largest absolute Gasteiger partial charge is 0.573 e. The third-order valence-corrected chi connectivity index (χ3v) is 7.06. The number of halogens is 3. The Bertz CT molecular complexity index is 1830. The van der Waals surface area contributed by atoms with Crippen molar-refractivity contribution in [2.24, 2.45) is 13.0 Å². The molecule has 1 aliphatic rings. The third-order valence-electron chi connectivity index (χ3n) is 7.06. The Labute approximate surface area is 233 Å². The predicted octanol–water partition coefficient (Wildman–Crippen LogP) is 6.72. The Hall–Kier alpha value is -4.73. The van der Waals surface area contributed by atoms with E-state index in [1.54, 1.807) is 19.3 Å². The minimum atomic E-state index is -4.82. The van der Waals surface area contributed by atoms with Crippen LogP contribution in [0.2, 0.25) is 0 Å². The van der Waals surface area contributed by atoms with Gasteiger partial charge in [-0.25, -0.2) is 9.38 Å². The average molecular weight is 562 g/mol. The summed E-state index contributed by atoms with van der Waals surface area (Å²) in [5, 5.41) is 0. The van der Waals surface area contributed by atoms with Crippen molar-refractivity contribution in [3.8, 4) is 28.4 Å². The SMILES string of the molecule is COc1cccc(C=Cc2nc3n(C)c4ccccc4n3c(=O)c2-c2ccc(OC(F)(F)F)cc2)c1OCC1CC1. The summed E-state index contributed by atoms with van der Waals surface area (Å²) in [7, 11) is 3.40. The van der Waals surface area contributed by atoms with Gasteiger partial charge in [0.15, 0.2) is 11.5 Å². The Balaban J connectivity index is 1.51. The highest BCUT2D eigenvalue weighted by Gasteiger charge is 2.31. The smallest absolute Gasteiger partial charge is 0.493 e. The van der Waals surface area contributed by atoms with Crippen molar-refractivity contribution in [1.82, 2.24) is 14.0 Å². The molecule has 0 bridgehead atoms. The van der Waals surface area contributed by atoms with Crippen molar-refractivity contribution in [3.63, 3.8) is 0 Å². The van der Waals surface area contributed by atoms with Gasteiger partial charge >= 0.3 is 6.36 Å². The number of benzene rings is 3. The molecule has 41 heavy (non-hydrogen) atoms. The van der Waals surface area contributed by atoms with Crippen LogP contribution < -0.4 is 19.8 Å². The van der Waals surface area contributed by atoms with Gasteiger partial charge in [0.2, 0.25) is 5.78 Å². The lowest BCUT2D eigenvalue weighted by Gasteiger charge is -2.13. The van der Waals surface area contributed by atoms with Gasteiger partial charge in [-0.15, -0.1) is 13.2 Å². The monoisotopic (exact) mass is 561 g/mol. The minimum Gasteiger partial charge on any atom is -0.493 e. The first-order valence-electron chi connectivity index (χ1n) is 13.1. The fourth-order valence-corrected chi connectivity index (χ4v) is 4.86. The molecule has 1 saturated carbocycles. The van der Waals surface area contributed by atoms with Gasteiger partial charge in [-0.3, -0.25) is 4.79 Å². The second-order valence-electron chi connectivity index (χ2n) is 9.90. The standard InChI is InChI=1S/C31H26F3N3O4/c1-36-24-7-3-4-8-25(24)37-29(38)27(20-12-15-22(16-13-20)41-31(32,33)34)23(35-30(36)37)17-14-21-6-5-9-26(39-2)28(21)40-18-19-10-11-19/h3-9,12-17,19H,10-11,18H2,1-2H3. The number of aromatic nitrogens is 3. The summed E-state index contributed by atoms with van der Waals surface area (Å²) in [4.78, 5) is 18.9. The third kappa shape index (κ3) is 5.25. The number of rotatable bonds is 8. The second-order valence-corrected chi connectivity index (χ2v) is 9.90. The number of para-hydroxylation sites is 3. The lowest BCUT2D eigenvalue weighted by molar-refractivity contribution is -0.274. The van der Waals surface area contributed by atoms with Crippen LogP contribution in [0.1, 0.15) is 24.1 Å². The second kappa shape index (κ2) is 10.3. The maximum Gasteiger partial charge on any atom is 0.573 e. The lowest BCUT2D eigenvalue weighted by Crippen LogP contribution is -2.19. The number of alkyl halides is 3. The summed E-state index contributed by atoms with van der Waals surface area (Å²) in [6, 6.07) is 18.2. The molecule has 5 aromatic rings. The molecule has 7 nitrogen and oxygen atoms in total. The number of methoxy groups -OCH3 is 1. The van der Waals surface area contributed by atoms with Gasteiger partial charge in [0.05, 0.1) is 36.0 Å². The van der Waals surface area contributed by atoms with Crippen molar-refractivity contribution in [1.29, 1.82) is 0 Å². The summed E-state index contributed by atoms with van der Waals surface area (Å²) in [5.74, 6) is 1.75. The van der Waals surface area contributed by atoms with Crippen LogP contribution in [0.15, 0.2) is 71.5 Å². The van der Waals surface area contributed by atoms with Crippen LogP contribution in [-0.2, 0) is 7.05 Å². The van der Waals surface area contributed by atoms with Gasteiger partial charge < -0.3 is 18.8 Å². The molecule has 3 aromatic carbocycles. The van der Waals surface area contributed by atoms with E-state index >= 15 is 0 Å². The molecule has 1 aliphatic carbocycles. The van der Waals surface area contributed by atoms with Crippen molar-refractivity contribution in [2.45, 2.75) is 19.2 Å². The molecule has 6 rings (SSSR count). The molecular weight excluding hydrogens is 535 g/mol. The summed E-state index contributed by atoms with van der Waals surface area (Å²) in [6.45, 7) is 0.584. The lowest BCUT2D eigenvalue weighted by atomic mass is 10.0. The van der Waals surface area contributed by atoms with Crippen LogP contribution >= 0.6 is 0 Å². The Morgan fingerprint density at radius 1 is 0.976 bits per heavy atom. The summed E-state index contributed by atoms with van der Waals surface area (Å²) in [5.41, 5.74) is 2.84. The number of imidazole rings is 1. The molecule has 0 amide bonds. The average Bonchev–Trinajstić information content (AvgIpc) is 3.74. The molecule has 0 saturated heterocycles. The van der Waals surface area contributed by atoms with Crippen LogP contribution in [0.5, 0.6) is 17.2 Å². The number of aryl methyl sites for hydroxylation is 1. The quantitative estimate of drug-likeness (QED) is 0.210. The summed E-state index contributed by atoms with van der Waals surface area (Å²) in [6.07, 6.45) is 0.961. The van der Waals surface area contributed by atoms with Crippen LogP contribution in [0.3, 0.4) is 0 Å². The molecule has 210 valence electrons. The van der Waals surface area contributed by atoms with Gasteiger partial charge in [0.25, 0.3) is 5.56 Å². The van der Waals surface area contributed by atoms with Crippen molar-refractivity contribution in [3.05, 3.63) is 88.3 Å². The summed E-state index contributed by atoms with van der Waals surface area (Å²) < 4.78 is 57.3. The van der Waals surface area contributed by atoms with Gasteiger partial charge in [0.1, 0.15) is 5.75 Å². The van der Waals surface area contributed by atoms with Gasteiger partial charge in [-0.05, 0) is 66.8 Å². The Morgan fingerprint density at radius 3 is 2.39 bits per heavy atom. The highest BCUT2D eigenvalue weighted by atomic mass is 19.4. The number of hydrogen-bond acceptors (Lipinski definition) is 5. The Morgan fingerprint density at radius 2 is 1.71 bits per heavy atom. The van der Waals surface area contributed by atoms with E-state index in [2.05, 4.69) is 4.74 Å². The van der Waals surface area contributed by atoms with Crippen LogP contribution in [0.4, 0.5) is 13.2 Å². The minimum absolute atomic E-state index is 0.233. The van der Waals surface area contributed by atoms with E-state index in [4.69, 9.17) is 14.5 Å². The molecule has 2 aromatic heterocycles. The van der Waals surface area contributed by atoms with Crippen molar-refractivity contribution in [2.75, 3.05) is 13.7 Å². The highest BCUT2D eigenvalue weighted by Crippen LogP contribution is 2.36. The van der Waals surface area contributed by atoms with Crippen molar-refractivity contribution < 1.29 is 27.4 Å². The first kappa shape index (κ1) is 26.5. The molecule has 1 fully saturated rings. The first-order valence-corrected chi connectivity index (χ1v) is 13.1. The molecule has 0 radical (unpaired) electrons. The fraction of sp³-hybridized carbons (Fsp3) is 0.226. The molecule has 0 spiro atoms. The molecule has 2 heterocycles. The van der Waals surface area contributed by atoms with Crippen LogP contribution in [0, 0.1) is 5.92 Å². The Kier molecular flexibility index (Phi) is 6.69.